The minimum atomic E-state index is -1.08. The Morgan fingerprint density at radius 2 is 1.33 bits per heavy atom. The highest BCUT2D eigenvalue weighted by molar-refractivity contribution is 6.18. The molecule has 0 atom stereocenters. The van der Waals surface area contributed by atoms with Crippen molar-refractivity contribution < 1.29 is 14.6 Å². The second kappa shape index (κ2) is 14.1. The van der Waals surface area contributed by atoms with Crippen molar-refractivity contribution in [2.24, 2.45) is 0 Å². The summed E-state index contributed by atoms with van der Waals surface area (Å²) in [5, 5.41) is 8.89. The van der Waals surface area contributed by atoms with Crippen LogP contribution >= 0.6 is 11.6 Å². The quantitative estimate of drug-likeness (QED) is 0.331. The lowest BCUT2D eigenvalue weighted by Crippen LogP contribution is -2.19. The highest BCUT2D eigenvalue weighted by Crippen LogP contribution is 2.35. The van der Waals surface area contributed by atoms with Crippen LogP contribution in [0.4, 0.5) is 0 Å². The number of halogens is 1. The van der Waals surface area contributed by atoms with Crippen molar-refractivity contribution in [2.45, 2.75) is 13.3 Å². The third-order valence-electron chi connectivity index (χ3n) is 4.78. The number of carboxylic acid groups (broad SMARTS) is 1. The van der Waals surface area contributed by atoms with Gasteiger partial charge in [0.1, 0.15) is 12.4 Å². The van der Waals surface area contributed by atoms with Gasteiger partial charge in [-0.1, -0.05) is 72.8 Å². The van der Waals surface area contributed by atoms with E-state index in [4.69, 9.17) is 26.2 Å². The molecule has 0 aliphatic rings. The molecule has 5 heteroatoms. The fraction of sp³-hybridized carbons (Fsp3) is 0.250. The number of alkyl halides is 1. The lowest BCUT2D eigenvalue weighted by molar-refractivity contribution is -0.302. The van der Waals surface area contributed by atoms with Crippen molar-refractivity contribution >= 4 is 28.7 Å². The normalized spacial score (nSPS) is 11.3. The number of allylic oxidation sites excluding steroid dienone is 1. The second-order valence-corrected chi connectivity index (χ2v) is 8.07. The first-order chi connectivity index (χ1) is 15.9. The van der Waals surface area contributed by atoms with Crippen LogP contribution in [-0.4, -0.2) is 44.0 Å². The van der Waals surface area contributed by atoms with Gasteiger partial charge in [0.2, 0.25) is 0 Å². The number of aliphatic carboxylic acids is 1. The number of rotatable bonds is 9. The first-order valence-electron chi connectivity index (χ1n) is 10.9. The lowest BCUT2D eigenvalue weighted by Gasteiger charge is -2.17. The molecule has 0 radical (unpaired) electrons. The number of hydrogen-bond acceptors (Lipinski definition) is 4. The summed E-state index contributed by atoms with van der Waals surface area (Å²) in [6, 6.07) is 29.4. The largest absolute Gasteiger partial charge is 0.550 e. The zero-order valence-corrected chi connectivity index (χ0v) is 20.2. The number of benzene rings is 3. The molecule has 0 fully saturated rings. The maximum absolute atomic E-state index is 8.89. The molecule has 0 heterocycles. The Bertz CT molecular complexity index is 996. The van der Waals surface area contributed by atoms with Crippen molar-refractivity contribution in [3.05, 3.63) is 102 Å². The highest BCUT2D eigenvalue weighted by Gasteiger charge is 2.14. The van der Waals surface area contributed by atoms with Gasteiger partial charge in [-0.2, -0.15) is 0 Å². The van der Waals surface area contributed by atoms with Gasteiger partial charge in [-0.15, -0.1) is 11.6 Å². The van der Waals surface area contributed by atoms with Gasteiger partial charge >= 0.3 is 0 Å². The molecule has 0 saturated carbocycles. The Morgan fingerprint density at radius 3 is 1.82 bits per heavy atom. The number of hydrogen-bond donors (Lipinski definition) is 0. The van der Waals surface area contributed by atoms with Crippen LogP contribution in [0.15, 0.2) is 84.9 Å². The molecule has 0 N–H and O–H groups in total. The molecule has 0 bridgehead atoms. The van der Waals surface area contributed by atoms with Crippen LogP contribution in [0.25, 0.3) is 11.1 Å². The summed E-state index contributed by atoms with van der Waals surface area (Å²) in [5.74, 6) is 0.383. The fourth-order valence-corrected chi connectivity index (χ4v) is 3.52. The highest BCUT2D eigenvalue weighted by atomic mass is 35.5. The van der Waals surface area contributed by atoms with Crippen LogP contribution in [0.5, 0.6) is 5.75 Å². The van der Waals surface area contributed by atoms with E-state index in [1.54, 1.807) is 0 Å². The molecule has 0 amide bonds. The van der Waals surface area contributed by atoms with Crippen molar-refractivity contribution in [3.63, 3.8) is 0 Å². The van der Waals surface area contributed by atoms with Crippen molar-refractivity contribution in [1.29, 1.82) is 0 Å². The number of nitrogens with zero attached hydrogens (tertiary/aromatic N) is 1. The average molecular weight is 465 g/mol. The minimum Gasteiger partial charge on any atom is -0.550 e. The van der Waals surface area contributed by atoms with E-state index < -0.39 is 5.97 Å². The smallest absolute Gasteiger partial charge is 0.119 e. The molecule has 3 aromatic carbocycles. The molecule has 174 valence electrons. The summed E-state index contributed by atoms with van der Waals surface area (Å²) in [5.41, 5.74) is 6.04. The summed E-state index contributed by atoms with van der Waals surface area (Å²) in [6.07, 6.45) is 0.802. The summed E-state index contributed by atoms with van der Waals surface area (Å²) in [4.78, 5) is 11.0. The number of carboxylic acids is 1. The molecule has 0 spiro atoms. The SMILES string of the molecule is CC(=O)[O-].CN(C)CCOc1ccc(/C(=C(/CCCl)c2ccccc2)c2ccccc2)cc1. The van der Waals surface area contributed by atoms with Crippen LogP contribution < -0.4 is 9.84 Å². The summed E-state index contributed by atoms with van der Waals surface area (Å²) >= 11 is 6.21. The Balaban J connectivity index is 0.000000890. The summed E-state index contributed by atoms with van der Waals surface area (Å²) < 4.78 is 5.87. The van der Waals surface area contributed by atoms with Gasteiger partial charge in [0.05, 0.1) is 0 Å². The Kier molecular flexibility index (Phi) is 11.2. The molecular weight excluding hydrogens is 434 g/mol. The molecule has 3 rings (SSSR count). The first-order valence-corrected chi connectivity index (χ1v) is 11.4. The molecule has 33 heavy (non-hydrogen) atoms. The van der Waals surface area contributed by atoms with Crippen LogP contribution in [0.3, 0.4) is 0 Å². The average Bonchev–Trinajstić information content (AvgIpc) is 2.80. The Labute approximate surface area is 202 Å². The lowest BCUT2D eigenvalue weighted by atomic mass is 9.88. The van der Waals surface area contributed by atoms with E-state index >= 15 is 0 Å². The zero-order chi connectivity index (χ0) is 24.1. The third kappa shape index (κ3) is 9.13. The molecule has 0 aromatic heterocycles. The van der Waals surface area contributed by atoms with Crippen molar-refractivity contribution in [1.82, 2.24) is 4.90 Å². The molecule has 0 unspecified atom stereocenters. The minimum absolute atomic E-state index is 0.576. The zero-order valence-electron chi connectivity index (χ0n) is 19.5. The molecule has 0 saturated heterocycles. The standard InChI is InChI=1S/C26H28ClNO.C2H4O2/c1-28(2)19-20-29-24-15-13-23(14-16-24)26(22-11-7-4-8-12-22)25(17-18-27)21-9-5-3-6-10-21;1-2(3)4/h3-16H,17-20H2,1-2H3;1H3,(H,3,4)/p-1/b26-25-;. The van der Waals surface area contributed by atoms with Gasteiger partial charge in [0.15, 0.2) is 0 Å². The maximum atomic E-state index is 8.89. The van der Waals surface area contributed by atoms with Crippen LogP contribution in [0.1, 0.15) is 30.0 Å². The Hall–Kier alpha value is -3.08. The predicted octanol–water partition coefficient (Wildman–Crippen LogP) is 4.97. The van der Waals surface area contributed by atoms with Crippen LogP contribution in [0, 0.1) is 0 Å². The molecule has 4 nitrogen and oxygen atoms in total. The van der Waals surface area contributed by atoms with E-state index in [1.165, 1.54) is 27.8 Å². The molecule has 0 aliphatic heterocycles. The number of carbonyl (C=O) groups is 1. The van der Waals surface area contributed by atoms with Gasteiger partial charge in [-0.3, -0.25) is 0 Å². The molecule has 0 aliphatic carbocycles. The van der Waals surface area contributed by atoms with Gasteiger partial charge in [0, 0.05) is 18.4 Å². The Morgan fingerprint density at radius 1 is 0.848 bits per heavy atom. The van der Waals surface area contributed by atoms with E-state index in [1.807, 2.05) is 26.2 Å². The van der Waals surface area contributed by atoms with Crippen LogP contribution in [0.2, 0.25) is 0 Å². The van der Waals surface area contributed by atoms with E-state index in [0.717, 1.165) is 25.6 Å². The number of carbonyl (C=O) groups excluding carboxylic acids is 1. The summed E-state index contributed by atoms with van der Waals surface area (Å²) in [6.45, 7) is 2.54. The number of likely N-dealkylation sites (N-methyl/N-ethyl adjacent to an activating group) is 1. The van der Waals surface area contributed by atoms with E-state index in [-0.39, 0.29) is 0 Å². The second-order valence-electron chi connectivity index (χ2n) is 7.69. The van der Waals surface area contributed by atoms with E-state index in [0.29, 0.717) is 12.5 Å². The van der Waals surface area contributed by atoms with Crippen molar-refractivity contribution in [2.75, 3.05) is 33.1 Å². The maximum Gasteiger partial charge on any atom is 0.119 e. The molecular formula is C28H31ClNO3-. The van der Waals surface area contributed by atoms with Gasteiger partial charge < -0.3 is 19.5 Å². The van der Waals surface area contributed by atoms with Gasteiger partial charge in [0.25, 0.3) is 0 Å². The van der Waals surface area contributed by atoms with E-state index in [2.05, 4.69) is 77.7 Å². The monoisotopic (exact) mass is 464 g/mol. The van der Waals surface area contributed by atoms with E-state index in [9.17, 15) is 0 Å². The fourth-order valence-electron chi connectivity index (χ4n) is 3.33. The van der Waals surface area contributed by atoms with Crippen LogP contribution in [-0.2, 0) is 4.79 Å². The first kappa shape index (κ1) is 26.2. The van der Waals surface area contributed by atoms with Gasteiger partial charge in [-0.25, -0.2) is 0 Å². The predicted molar refractivity (Wildman–Crippen MR) is 135 cm³/mol. The topological polar surface area (TPSA) is 52.6 Å². The molecule has 3 aromatic rings. The van der Waals surface area contributed by atoms with Gasteiger partial charge in [-0.05, 0) is 67.4 Å². The number of ether oxygens (including phenoxy) is 1. The summed E-state index contributed by atoms with van der Waals surface area (Å²) in [7, 11) is 4.09. The third-order valence-corrected chi connectivity index (χ3v) is 4.97. The van der Waals surface area contributed by atoms with Crippen molar-refractivity contribution in [3.8, 4) is 5.75 Å².